The van der Waals surface area contributed by atoms with Gasteiger partial charge in [-0.25, -0.2) is 4.98 Å². The van der Waals surface area contributed by atoms with E-state index in [1.54, 1.807) is 10.9 Å². The number of halogens is 1. The van der Waals surface area contributed by atoms with Crippen LogP contribution in [-0.2, 0) is 7.05 Å². The van der Waals surface area contributed by atoms with Crippen molar-refractivity contribution in [1.82, 2.24) is 19.5 Å². The van der Waals surface area contributed by atoms with Gasteiger partial charge in [0, 0.05) is 7.05 Å². The Balaban J connectivity index is 2.84. The molecule has 0 saturated heterocycles. The third-order valence-corrected chi connectivity index (χ3v) is 1.86. The van der Waals surface area contributed by atoms with E-state index in [0.717, 1.165) is 0 Å². The Kier molecular flexibility index (Phi) is 1.81. The third-order valence-electron chi connectivity index (χ3n) is 1.69. The van der Waals surface area contributed by atoms with Crippen LogP contribution in [0.4, 0.5) is 0 Å². The molecule has 0 amide bonds. The van der Waals surface area contributed by atoms with Crippen LogP contribution in [-0.4, -0.2) is 26.6 Å². The van der Waals surface area contributed by atoms with E-state index in [1.165, 1.54) is 7.11 Å². The van der Waals surface area contributed by atoms with Gasteiger partial charge in [0.25, 0.3) is 0 Å². The number of hydrogen-bond donors (Lipinski definition) is 0. The summed E-state index contributed by atoms with van der Waals surface area (Å²) in [7, 11) is 3.35. The molecule has 0 aliphatic heterocycles. The standard InChI is InChI=1S/C7H7ClN4O/c1-12-3-9-4-5(12)10-7(8)11-6(4)13-2/h3H,1-2H3. The summed E-state index contributed by atoms with van der Waals surface area (Å²) in [5.41, 5.74) is 1.28. The van der Waals surface area contributed by atoms with Gasteiger partial charge >= 0.3 is 0 Å². The van der Waals surface area contributed by atoms with Crippen molar-refractivity contribution in [2.45, 2.75) is 0 Å². The second kappa shape index (κ2) is 2.85. The highest BCUT2D eigenvalue weighted by Gasteiger charge is 2.10. The average Bonchev–Trinajstić information content (AvgIpc) is 2.47. The molecule has 0 fully saturated rings. The summed E-state index contributed by atoms with van der Waals surface area (Å²) in [6, 6.07) is 0. The van der Waals surface area contributed by atoms with E-state index < -0.39 is 0 Å². The normalized spacial score (nSPS) is 10.7. The molecule has 0 radical (unpaired) electrons. The second-order valence-electron chi connectivity index (χ2n) is 2.53. The number of ether oxygens (including phenoxy) is 1. The summed E-state index contributed by atoms with van der Waals surface area (Å²) < 4.78 is 6.77. The Labute approximate surface area is 79.3 Å². The molecule has 0 aromatic carbocycles. The first-order valence-electron chi connectivity index (χ1n) is 3.61. The van der Waals surface area contributed by atoms with Crippen molar-refractivity contribution in [3.8, 4) is 5.88 Å². The van der Waals surface area contributed by atoms with Crippen molar-refractivity contribution in [3.05, 3.63) is 11.6 Å². The zero-order chi connectivity index (χ0) is 9.42. The van der Waals surface area contributed by atoms with E-state index in [0.29, 0.717) is 17.0 Å². The van der Waals surface area contributed by atoms with Crippen molar-refractivity contribution >= 4 is 22.8 Å². The summed E-state index contributed by atoms with van der Waals surface area (Å²) in [4.78, 5) is 12.0. The van der Waals surface area contributed by atoms with Crippen LogP contribution in [0.1, 0.15) is 0 Å². The van der Waals surface area contributed by atoms with Gasteiger partial charge in [-0.05, 0) is 11.6 Å². The number of hydrogen-bond acceptors (Lipinski definition) is 4. The minimum absolute atomic E-state index is 0.160. The minimum Gasteiger partial charge on any atom is -0.479 e. The smallest absolute Gasteiger partial charge is 0.246 e. The van der Waals surface area contributed by atoms with Crippen molar-refractivity contribution in [3.63, 3.8) is 0 Å². The molecule has 13 heavy (non-hydrogen) atoms. The maximum atomic E-state index is 5.69. The predicted molar refractivity (Wildman–Crippen MR) is 47.9 cm³/mol. The van der Waals surface area contributed by atoms with Crippen LogP contribution < -0.4 is 4.74 Å². The number of imidazole rings is 1. The van der Waals surface area contributed by atoms with Gasteiger partial charge in [0.05, 0.1) is 13.4 Å². The van der Waals surface area contributed by atoms with Crippen LogP contribution in [0.25, 0.3) is 11.2 Å². The Bertz CT molecular complexity index is 453. The molecule has 0 N–H and O–H groups in total. The SMILES string of the molecule is COc1nc(Cl)nc2c1ncn2C. The molecule has 0 spiro atoms. The van der Waals surface area contributed by atoms with Crippen molar-refractivity contribution < 1.29 is 4.74 Å². The molecular weight excluding hydrogens is 192 g/mol. The first-order valence-corrected chi connectivity index (χ1v) is 3.98. The van der Waals surface area contributed by atoms with Gasteiger partial charge in [0.15, 0.2) is 11.2 Å². The molecule has 0 saturated carbocycles. The van der Waals surface area contributed by atoms with Gasteiger partial charge in [-0.1, -0.05) is 0 Å². The van der Waals surface area contributed by atoms with E-state index in [4.69, 9.17) is 16.3 Å². The molecule has 2 rings (SSSR count). The molecule has 0 bridgehead atoms. The number of methoxy groups -OCH3 is 1. The molecule has 5 nitrogen and oxygen atoms in total. The van der Waals surface area contributed by atoms with E-state index in [2.05, 4.69) is 15.0 Å². The Hall–Kier alpha value is -1.36. The summed E-state index contributed by atoms with van der Waals surface area (Å²) in [6.07, 6.45) is 1.64. The molecule has 2 heterocycles. The van der Waals surface area contributed by atoms with Gasteiger partial charge < -0.3 is 9.30 Å². The minimum atomic E-state index is 0.160. The topological polar surface area (TPSA) is 52.8 Å². The summed E-state index contributed by atoms with van der Waals surface area (Å²) in [5, 5.41) is 0.160. The first kappa shape index (κ1) is 8.25. The monoisotopic (exact) mass is 198 g/mol. The Morgan fingerprint density at radius 3 is 2.92 bits per heavy atom. The highest BCUT2D eigenvalue weighted by atomic mass is 35.5. The van der Waals surface area contributed by atoms with Gasteiger partial charge in [-0.15, -0.1) is 0 Å². The number of nitrogens with zero attached hydrogens (tertiary/aromatic N) is 4. The Morgan fingerprint density at radius 2 is 2.23 bits per heavy atom. The predicted octanol–water partition coefficient (Wildman–Crippen LogP) is 1.03. The van der Waals surface area contributed by atoms with Crippen LogP contribution in [0, 0.1) is 0 Å². The largest absolute Gasteiger partial charge is 0.479 e. The molecule has 2 aromatic rings. The molecule has 68 valence electrons. The number of aryl methyl sites for hydroxylation is 1. The quantitative estimate of drug-likeness (QED) is 0.643. The first-order chi connectivity index (χ1) is 6.22. The summed E-state index contributed by atoms with van der Waals surface area (Å²) >= 11 is 5.69. The lowest BCUT2D eigenvalue weighted by atomic mass is 10.5. The molecule has 0 atom stereocenters. The highest BCUT2D eigenvalue weighted by Crippen LogP contribution is 2.21. The second-order valence-corrected chi connectivity index (χ2v) is 2.87. The fourth-order valence-corrected chi connectivity index (χ4v) is 1.25. The van der Waals surface area contributed by atoms with Crippen LogP contribution >= 0.6 is 11.6 Å². The van der Waals surface area contributed by atoms with E-state index in [-0.39, 0.29) is 5.28 Å². The summed E-state index contributed by atoms with van der Waals surface area (Å²) in [6.45, 7) is 0. The van der Waals surface area contributed by atoms with Crippen molar-refractivity contribution in [2.24, 2.45) is 7.05 Å². The van der Waals surface area contributed by atoms with Gasteiger partial charge in [-0.3, -0.25) is 0 Å². The number of rotatable bonds is 1. The maximum Gasteiger partial charge on any atom is 0.246 e. The zero-order valence-electron chi connectivity index (χ0n) is 7.15. The van der Waals surface area contributed by atoms with Crippen molar-refractivity contribution in [1.29, 1.82) is 0 Å². The van der Waals surface area contributed by atoms with E-state index >= 15 is 0 Å². The molecule has 0 aliphatic carbocycles. The molecule has 6 heteroatoms. The average molecular weight is 199 g/mol. The van der Waals surface area contributed by atoms with Crippen LogP contribution in [0.2, 0.25) is 5.28 Å². The maximum absolute atomic E-state index is 5.69. The Morgan fingerprint density at radius 1 is 1.46 bits per heavy atom. The van der Waals surface area contributed by atoms with Gasteiger partial charge in [0.2, 0.25) is 11.2 Å². The molecule has 0 aliphatic rings. The van der Waals surface area contributed by atoms with Gasteiger partial charge in [0.1, 0.15) is 0 Å². The van der Waals surface area contributed by atoms with E-state index in [9.17, 15) is 0 Å². The fourth-order valence-electron chi connectivity index (χ4n) is 1.10. The molecule has 2 aromatic heterocycles. The van der Waals surface area contributed by atoms with E-state index in [1.807, 2.05) is 7.05 Å². The van der Waals surface area contributed by atoms with Gasteiger partial charge in [-0.2, -0.15) is 9.97 Å². The van der Waals surface area contributed by atoms with Crippen LogP contribution in [0.15, 0.2) is 6.33 Å². The van der Waals surface area contributed by atoms with Crippen LogP contribution in [0.3, 0.4) is 0 Å². The lowest BCUT2D eigenvalue weighted by molar-refractivity contribution is 0.402. The van der Waals surface area contributed by atoms with Crippen molar-refractivity contribution in [2.75, 3.05) is 7.11 Å². The fraction of sp³-hybridized carbons (Fsp3) is 0.286. The molecule has 0 unspecified atom stereocenters. The lowest BCUT2D eigenvalue weighted by Crippen LogP contribution is -1.94. The highest BCUT2D eigenvalue weighted by molar-refractivity contribution is 6.28. The number of aromatic nitrogens is 4. The third kappa shape index (κ3) is 1.21. The zero-order valence-corrected chi connectivity index (χ0v) is 7.91. The number of fused-ring (bicyclic) bond motifs is 1. The van der Waals surface area contributed by atoms with Crippen LogP contribution in [0.5, 0.6) is 5.88 Å². The lowest BCUT2D eigenvalue weighted by Gasteiger charge is -1.99. The molecular formula is C7H7ClN4O. The summed E-state index contributed by atoms with van der Waals surface area (Å²) in [5.74, 6) is 0.399.